The molecule has 0 saturated heterocycles. The maximum Gasteiger partial charge on any atom is 0.170 e. The van der Waals surface area contributed by atoms with Gasteiger partial charge >= 0.3 is 0 Å². The molecule has 2 aromatic rings. The number of oxime groups is 1. The molecule has 0 fully saturated rings. The van der Waals surface area contributed by atoms with Crippen molar-refractivity contribution >= 4 is 16.7 Å². The van der Waals surface area contributed by atoms with Crippen LogP contribution in [-0.2, 0) is 0 Å². The number of rotatable bonds is 4. The Balaban J connectivity index is 2.50. The van der Waals surface area contributed by atoms with Gasteiger partial charge < -0.3 is 15.5 Å². The van der Waals surface area contributed by atoms with E-state index in [1.165, 1.54) is 5.52 Å². The quantitative estimate of drug-likeness (QED) is 0.376. The van der Waals surface area contributed by atoms with Crippen molar-refractivity contribution in [1.29, 1.82) is 0 Å². The summed E-state index contributed by atoms with van der Waals surface area (Å²) in [5.41, 5.74) is 7.53. The molecule has 0 saturated carbocycles. The van der Waals surface area contributed by atoms with Crippen LogP contribution in [0.1, 0.15) is 38.3 Å². The van der Waals surface area contributed by atoms with Gasteiger partial charge in [-0.05, 0) is 37.1 Å². The lowest BCUT2D eigenvalue weighted by atomic mass is 10.1. The van der Waals surface area contributed by atoms with Gasteiger partial charge in [0.2, 0.25) is 0 Å². The maximum atomic E-state index is 8.69. The van der Waals surface area contributed by atoms with Crippen molar-refractivity contribution in [3.05, 3.63) is 36.0 Å². The molecular weight excluding hydrogens is 226 g/mol. The lowest BCUT2D eigenvalue weighted by Gasteiger charge is -2.16. The smallest absolute Gasteiger partial charge is 0.170 e. The molecule has 0 bridgehead atoms. The molecule has 96 valence electrons. The van der Waals surface area contributed by atoms with Crippen LogP contribution in [0, 0.1) is 0 Å². The second-order valence-corrected chi connectivity index (χ2v) is 4.45. The van der Waals surface area contributed by atoms with Crippen LogP contribution in [0.2, 0.25) is 0 Å². The molecule has 1 aromatic heterocycles. The number of nitrogens with zero attached hydrogens (tertiary/aromatic N) is 2. The third-order valence-electron chi connectivity index (χ3n) is 3.46. The zero-order chi connectivity index (χ0) is 13.1. The first-order chi connectivity index (χ1) is 8.71. The number of hydrogen-bond donors (Lipinski definition) is 2. The van der Waals surface area contributed by atoms with Gasteiger partial charge in [0.05, 0.1) is 0 Å². The Morgan fingerprint density at radius 1 is 1.33 bits per heavy atom. The first-order valence-electron chi connectivity index (χ1n) is 6.29. The Hall–Kier alpha value is -1.97. The summed E-state index contributed by atoms with van der Waals surface area (Å²) in [6.07, 6.45) is 4.34. The fraction of sp³-hybridized carbons (Fsp3) is 0.357. The second-order valence-electron chi connectivity index (χ2n) is 4.45. The molecular formula is C14H19N3O. The molecule has 0 unspecified atom stereocenters. The zero-order valence-corrected chi connectivity index (χ0v) is 10.8. The molecule has 0 radical (unpaired) electrons. The van der Waals surface area contributed by atoms with E-state index in [2.05, 4.69) is 35.8 Å². The Morgan fingerprint density at radius 2 is 2.06 bits per heavy atom. The van der Waals surface area contributed by atoms with E-state index in [-0.39, 0.29) is 5.84 Å². The van der Waals surface area contributed by atoms with Crippen LogP contribution in [0.3, 0.4) is 0 Å². The van der Waals surface area contributed by atoms with Gasteiger partial charge in [-0.3, -0.25) is 0 Å². The topological polar surface area (TPSA) is 63.5 Å². The third-order valence-corrected chi connectivity index (χ3v) is 3.46. The molecule has 0 amide bonds. The summed E-state index contributed by atoms with van der Waals surface area (Å²) >= 11 is 0. The van der Waals surface area contributed by atoms with Crippen molar-refractivity contribution in [2.24, 2.45) is 10.9 Å². The molecule has 3 N–H and O–H groups in total. The normalized spacial score (nSPS) is 12.5. The van der Waals surface area contributed by atoms with Crippen molar-refractivity contribution in [2.75, 3.05) is 0 Å². The minimum absolute atomic E-state index is 0.146. The van der Waals surface area contributed by atoms with Gasteiger partial charge in [0.25, 0.3) is 0 Å². The van der Waals surface area contributed by atoms with Crippen LogP contribution in [0.15, 0.2) is 35.6 Å². The van der Waals surface area contributed by atoms with E-state index < -0.39 is 0 Å². The molecule has 0 aliphatic heterocycles. The Kier molecular flexibility index (Phi) is 3.55. The van der Waals surface area contributed by atoms with Gasteiger partial charge in [-0.2, -0.15) is 0 Å². The number of benzene rings is 1. The van der Waals surface area contributed by atoms with E-state index in [4.69, 9.17) is 10.9 Å². The number of fused-ring (bicyclic) bond motifs is 1. The van der Waals surface area contributed by atoms with Crippen molar-refractivity contribution < 1.29 is 5.21 Å². The van der Waals surface area contributed by atoms with Crippen molar-refractivity contribution in [1.82, 2.24) is 4.57 Å². The van der Waals surface area contributed by atoms with E-state index >= 15 is 0 Å². The lowest BCUT2D eigenvalue weighted by molar-refractivity contribution is 0.318. The highest BCUT2D eigenvalue weighted by Gasteiger charge is 2.10. The van der Waals surface area contributed by atoms with Gasteiger partial charge in [0.15, 0.2) is 5.84 Å². The van der Waals surface area contributed by atoms with E-state index in [0.29, 0.717) is 6.04 Å². The Morgan fingerprint density at radius 3 is 2.67 bits per heavy atom. The third kappa shape index (κ3) is 2.06. The highest BCUT2D eigenvalue weighted by Crippen LogP contribution is 2.25. The molecule has 2 rings (SSSR count). The van der Waals surface area contributed by atoms with Gasteiger partial charge in [-0.15, -0.1) is 0 Å². The largest absolute Gasteiger partial charge is 0.409 e. The molecule has 4 nitrogen and oxygen atoms in total. The van der Waals surface area contributed by atoms with Crippen LogP contribution in [0.4, 0.5) is 0 Å². The number of nitrogens with two attached hydrogens (primary N) is 1. The van der Waals surface area contributed by atoms with E-state index in [9.17, 15) is 0 Å². The average Bonchev–Trinajstić information content (AvgIpc) is 2.82. The number of aromatic nitrogens is 1. The van der Waals surface area contributed by atoms with Crippen molar-refractivity contribution in [3.63, 3.8) is 0 Å². The summed E-state index contributed by atoms with van der Waals surface area (Å²) in [7, 11) is 0. The minimum Gasteiger partial charge on any atom is -0.409 e. The fourth-order valence-corrected chi connectivity index (χ4v) is 2.38. The molecule has 0 spiro atoms. The summed E-state index contributed by atoms with van der Waals surface area (Å²) < 4.78 is 2.30. The predicted molar refractivity (Wildman–Crippen MR) is 74.1 cm³/mol. The highest BCUT2D eigenvalue weighted by molar-refractivity contribution is 6.00. The second kappa shape index (κ2) is 5.12. The standard InChI is InChI=1S/C14H19N3O/c1-3-12(4-2)17-8-7-10-9-11(14(15)16-18)5-6-13(10)17/h5-9,12,18H,3-4H2,1-2H3,(H2,15,16). The maximum absolute atomic E-state index is 8.69. The Bertz CT molecular complexity index is 567. The molecule has 18 heavy (non-hydrogen) atoms. The minimum atomic E-state index is 0.146. The van der Waals surface area contributed by atoms with Gasteiger partial charge in [-0.1, -0.05) is 19.0 Å². The van der Waals surface area contributed by atoms with Crippen LogP contribution in [-0.4, -0.2) is 15.6 Å². The van der Waals surface area contributed by atoms with Gasteiger partial charge in [0.1, 0.15) is 0 Å². The molecule has 0 aliphatic rings. The Labute approximate surface area is 107 Å². The molecule has 0 atom stereocenters. The van der Waals surface area contributed by atoms with E-state index in [1.54, 1.807) is 0 Å². The monoisotopic (exact) mass is 245 g/mol. The first-order valence-corrected chi connectivity index (χ1v) is 6.29. The van der Waals surface area contributed by atoms with Crippen LogP contribution in [0.25, 0.3) is 10.9 Å². The summed E-state index contributed by atoms with van der Waals surface area (Å²) in [5, 5.41) is 12.8. The lowest BCUT2D eigenvalue weighted by Crippen LogP contribution is -2.12. The average molecular weight is 245 g/mol. The summed E-state index contributed by atoms with van der Waals surface area (Å²) in [4.78, 5) is 0. The SMILES string of the molecule is CCC(CC)n1ccc2cc(/C(N)=N/O)ccc21. The fourth-order valence-electron chi connectivity index (χ4n) is 2.38. The van der Waals surface area contributed by atoms with Crippen LogP contribution >= 0.6 is 0 Å². The van der Waals surface area contributed by atoms with E-state index in [1.807, 2.05) is 18.2 Å². The van der Waals surface area contributed by atoms with Gasteiger partial charge in [0, 0.05) is 28.7 Å². The van der Waals surface area contributed by atoms with E-state index in [0.717, 1.165) is 23.8 Å². The number of hydrogen-bond acceptors (Lipinski definition) is 2. The molecule has 4 heteroatoms. The predicted octanol–water partition coefficient (Wildman–Crippen LogP) is 3.10. The molecule has 0 aliphatic carbocycles. The summed E-state index contributed by atoms with van der Waals surface area (Å²) in [6.45, 7) is 4.40. The molecule has 1 aromatic carbocycles. The zero-order valence-electron chi connectivity index (χ0n) is 10.8. The van der Waals surface area contributed by atoms with Crippen LogP contribution in [0.5, 0.6) is 0 Å². The van der Waals surface area contributed by atoms with Crippen molar-refractivity contribution in [2.45, 2.75) is 32.7 Å². The summed E-state index contributed by atoms with van der Waals surface area (Å²) in [5.74, 6) is 0.146. The number of amidine groups is 1. The van der Waals surface area contributed by atoms with Crippen LogP contribution < -0.4 is 5.73 Å². The summed E-state index contributed by atoms with van der Waals surface area (Å²) in [6, 6.07) is 8.46. The van der Waals surface area contributed by atoms with Crippen molar-refractivity contribution in [3.8, 4) is 0 Å². The first kappa shape index (κ1) is 12.5. The van der Waals surface area contributed by atoms with Gasteiger partial charge in [-0.25, -0.2) is 0 Å². The highest BCUT2D eigenvalue weighted by atomic mass is 16.4. The molecule has 1 heterocycles.